The zero-order chi connectivity index (χ0) is 8.69. The molecule has 0 heterocycles. The van der Waals surface area contributed by atoms with E-state index in [0.29, 0.717) is 0 Å². The second-order valence-corrected chi connectivity index (χ2v) is 1.29. The van der Waals surface area contributed by atoms with Gasteiger partial charge in [-0.2, -0.15) is 10.5 Å². The van der Waals surface area contributed by atoms with Crippen molar-refractivity contribution in [2.24, 2.45) is 5.10 Å². The largest absolute Gasteiger partial charge is 0.452 e. The van der Waals surface area contributed by atoms with E-state index in [1.165, 1.54) is 12.1 Å². The lowest BCUT2D eigenvalue weighted by molar-refractivity contribution is 0.171. The maximum absolute atomic E-state index is 10.3. The van der Waals surface area contributed by atoms with Crippen molar-refractivity contribution in [2.45, 2.75) is 0 Å². The van der Waals surface area contributed by atoms with Gasteiger partial charge in [-0.3, -0.25) is 0 Å². The van der Waals surface area contributed by atoms with Crippen LogP contribution in [0, 0.1) is 22.7 Å². The van der Waals surface area contributed by atoms with E-state index < -0.39 is 11.8 Å². The summed E-state index contributed by atoms with van der Waals surface area (Å²) in [5.74, 6) is 0. The van der Waals surface area contributed by atoms with Gasteiger partial charge in [0.25, 0.3) is 0 Å². The monoisotopic (exact) mass is 152 g/mol. The Bertz CT molecular complexity index is 241. The van der Waals surface area contributed by atoms with E-state index in [0.717, 1.165) is 7.11 Å². The summed E-state index contributed by atoms with van der Waals surface area (Å²) in [7, 11) is 1.14. The maximum Gasteiger partial charge on any atom is 0.427 e. The van der Waals surface area contributed by atoms with Crippen molar-refractivity contribution < 1.29 is 9.53 Å². The lowest BCUT2D eigenvalue weighted by atomic mass is 10.5. The quantitative estimate of drug-likeness (QED) is 0.413. The predicted molar refractivity (Wildman–Crippen MR) is 34.2 cm³/mol. The van der Waals surface area contributed by atoms with Crippen LogP contribution in [0.1, 0.15) is 0 Å². The standard InChI is InChI=1S/C5H4N4O2/c1-11-5(10)9-8-4(2-6)3-7/h1H3,(H,9,10). The van der Waals surface area contributed by atoms with Crippen molar-refractivity contribution >= 4 is 11.8 Å². The van der Waals surface area contributed by atoms with Gasteiger partial charge in [0.05, 0.1) is 7.11 Å². The van der Waals surface area contributed by atoms with Crippen molar-refractivity contribution in [1.82, 2.24) is 5.43 Å². The predicted octanol–water partition coefficient (Wildman–Crippen LogP) is -0.254. The second kappa shape index (κ2) is 4.77. The summed E-state index contributed by atoms with van der Waals surface area (Å²) in [5, 5.41) is 19.3. The fourth-order valence-corrected chi connectivity index (χ4v) is 0.222. The number of carbonyl (C=O) groups is 1. The van der Waals surface area contributed by atoms with E-state index in [1.54, 1.807) is 0 Å². The van der Waals surface area contributed by atoms with Crippen molar-refractivity contribution in [3.05, 3.63) is 0 Å². The lowest BCUT2D eigenvalue weighted by Gasteiger charge is -1.93. The van der Waals surface area contributed by atoms with Gasteiger partial charge < -0.3 is 4.74 Å². The first-order chi connectivity index (χ1) is 5.24. The molecule has 0 rings (SSSR count). The van der Waals surface area contributed by atoms with Crippen LogP contribution in [0.2, 0.25) is 0 Å². The van der Waals surface area contributed by atoms with Gasteiger partial charge in [-0.1, -0.05) is 0 Å². The lowest BCUT2D eigenvalue weighted by Crippen LogP contribution is -2.18. The number of carbonyl (C=O) groups excluding carboxylic acids is 1. The van der Waals surface area contributed by atoms with E-state index in [4.69, 9.17) is 10.5 Å². The third-order valence-corrected chi connectivity index (χ3v) is 0.656. The molecule has 0 aromatic heterocycles. The maximum atomic E-state index is 10.3. The fraction of sp³-hybridized carbons (Fsp3) is 0.200. The highest BCUT2D eigenvalue weighted by Crippen LogP contribution is 1.73. The molecule has 56 valence electrons. The molecular formula is C5H4N4O2. The minimum absolute atomic E-state index is 0.435. The zero-order valence-corrected chi connectivity index (χ0v) is 5.66. The SMILES string of the molecule is COC(=O)NN=C(C#N)C#N. The van der Waals surface area contributed by atoms with E-state index in [1.807, 2.05) is 5.43 Å². The Morgan fingerprint density at radius 2 is 2.09 bits per heavy atom. The Hall–Kier alpha value is -2.08. The molecule has 0 unspecified atom stereocenters. The Morgan fingerprint density at radius 3 is 2.45 bits per heavy atom. The van der Waals surface area contributed by atoms with Gasteiger partial charge >= 0.3 is 6.09 Å². The highest BCUT2D eigenvalue weighted by atomic mass is 16.5. The van der Waals surface area contributed by atoms with Crippen LogP contribution in [0.4, 0.5) is 4.79 Å². The molecule has 6 heteroatoms. The molecule has 0 spiro atoms. The Labute approximate surface area is 62.7 Å². The van der Waals surface area contributed by atoms with Crippen molar-refractivity contribution in [1.29, 1.82) is 10.5 Å². The molecule has 0 aliphatic heterocycles. The molecule has 0 aliphatic carbocycles. The topological polar surface area (TPSA) is 98.3 Å². The molecule has 0 atom stereocenters. The number of ether oxygens (including phenoxy) is 1. The van der Waals surface area contributed by atoms with Gasteiger partial charge in [0.15, 0.2) is 0 Å². The first kappa shape index (κ1) is 8.92. The average Bonchev–Trinajstić information content (AvgIpc) is 2.06. The van der Waals surface area contributed by atoms with Gasteiger partial charge in [0, 0.05) is 0 Å². The molecule has 0 radical (unpaired) electrons. The van der Waals surface area contributed by atoms with Gasteiger partial charge in [-0.25, -0.2) is 10.2 Å². The average molecular weight is 152 g/mol. The molecule has 0 saturated heterocycles. The van der Waals surface area contributed by atoms with Gasteiger partial charge in [-0.15, -0.1) is 5.10 Å². The molecule has 6 nitrogen and oxygen atoms in total. The Kier molecular flexibility index (Phi) is 3.87. The number of hydrazone groups is 1. The van der Waals surface area contributed by atoms with Crippen LogP contribution < -0.4 is 5.43 Å². The summed E-state index contributed by atoms with van der Waals surface area (Å²) in [6.07, 6.45) is -0.826. The summed E-state index contributed by atoms with van der Waals surface area (Å²) < 4.78 is 4.11. The van der Waals surface area contributed by atoms with Crippen molar-refractivity contribution in [3.8, 4) is 12.1 Å². The van der Waals surface area contributed by atoms with Crippen LogP contribution in [0.5, 0.6) is 0 Å². The Balaban J connectivity index is 4.05. The van der Waals surface area contributed by atoms with Gasteiger partial charge in [0.1, 0.15) is 12.1 Å². The van der Waals surface area contributed by atoms with Gasteiger partial charge in [-0.05, 0) is 0 Å². The summed E-state index contributed by atoms with van der Waals surface area (Å²) in [6, 6.07) is 2.90. The van der Waals surface area contributed by atoms with Crippen LogP contribution >= 0.6 is 0 Å². The number of nitrogens with zero attached hydrogens (tertiary/aromatic N) is 3. The molecule has 0 bridgehead atoms. The fourth-order valence-electron chi connectivity index (χ4n) is 0.222. The van der Waals surface area contributed by atoms with E-state index in [-0.39, 0.29) is 0 Å². The summed E-state index contributed by atoms with van der Waals surface area (Å²) in [5.41, 5.74) is 1.38. The number of amides is 1. The van der Waals surface area contributed by atoms with E-state index in [9.17, 15) is 4.79 Å². The highest BCUT2D eigenvalue weighted by molar-refractivity contribution is 6.10. The van der Waals surface area contributed by atoms with Crippen molar-refractivity contribution in [2.75, 3.05) is 7.11 Å². The molecule has 0 aromatic carbocycles. The van der Waals surface area contributed by atoms with Crippen LogP contribution in [0.25, 0.3) is 0 Å². The summed E-state index contributed by atoms with van der Waals surface area (Å²) in [4.78, 5) is 10.3. The Morgan fingerprint density at radius 1 is 1.55 bits per heavy atom. The number of rotatable bonds is 1. The summed E-state index contributed by atoms with van der Waals surface area (Å²) >= 11 is 0. The minimum Gasteiger partial charge on any atom is -0.452 e. The molecule has 0 fully saturated rings. The zero-order valence-electron chi connectivity index (χ0n) is 5.66. The first-order valence-electron chi connectivity index (χ1n) is 2.46. The molecule has 11 heavy (non-hydrogen) atoms. The first-order valence-corrected chi connectivity index (χ1v) is 2.46. The van der Waals surface area contributed by atoms with E-state index >= 15 is 0 Å². The van der Waals surface area contributed by atoms with Crippen LogP contribution in [-0.4, -0.2) is 18.9 Å². The van der Waals surface area contributed by atoms with E-state index in [2.05, 4.69) is 9.84 Å². The number of nitrogens with one attached hydrogen (secondary N) is 1. The highest BCUT2D eigenvalue weighted by Gasteiger charge is 1.96. The molecule has 1 N–H and O–H groups in total. The van der Waals surface area contributed by atoms with Crippen LogP contribution in [-0.2, 0) is 4.74 Å². The van der Waals surface area contributed by atoms with Crippen molar-refractivity contribution in [3.63, 3.8) is 0 Å². The third-order valence-electron chi connectivity index (χ3n) is 0.656. The third kappa shape index (κ3) is 3.49. The molecule has 0 aliphatic rings. The normalized spacial score (nSPS) is 6.82. The molecule has 0 saturated carbocycles. The minimum atomic E-state index is -0.826. The summed E-state index contributed by atoms with van der Waals surface area (Å²) in [6.45, 7) is 0. The number of methoxy groups -OCH3 is 1. The van der Waals surface area contributed by atoms with Crippen LogP contribution in [0.3, 0.4) is 0 Å². The number of hydrogen-bond acceptors (Lipinski definition) is 5. The van der Waals surface area contributed by atoms with Crippen LogP contribution in [0.15, 0.2) is 5.10 Å². The van der Waals surface area contributed by atoms with Gasteiger partial charge in [0.2, 0.25) is 5.71 Å². The number of hydrogen-bond donors (Lipinski definition) is 1. The molecular weight excluding hydrogens is 148 g/mol. The second-order valence-electron chi connectivity index (χ2n) is 1.29. The number of nitriles is 2. The molecule has 0 aromatic rings. The smallest absolute Gasteiger partial charge is 0.427 e. The molecule has 1 amide bonds.